The lowest BCUT2D eigenvalue weighted by Gasteiger charge is -2.31. The minimum absolute atomic E-state index is 0.0443. The Morgan fingerprint density at radius 3 is 2.68 bits per heavy atom. The van der Waals surface area contributed by atoms with Crippen LogP contribution in [0.1, 0.15) is 35.7 Å². The summed E-state index contributed by atoms with van der Waals surface area (Å²) in [5.41, 5.74) is 0.405. The number of nitrogens with one attached hydrogen (secondary N) is 2. The normalized spacial score (nSPS) is 15.5. The predicted octanol–water partition coefficient (Wildman–Crippen LogP) is 1.03. The Morgan fingerprint density at radius 2 is 2.09 bits per heavy atom. The summed E-state index contributed by atoms with van der Waals surface area (Å²) >= 11 is 0. The van der Waals surface area contributed by atoms with Crippen LogP contribution in [0.3, 0.4) is 0 Å². The van der Waals surface area contributed by atoms with Crippen LogP contribution in [-0.4, -0.2) is 47.6 Å². The molecule has 0 unspecified atom stereocenters. The number of pyridine rings is 1. The molecule has 120 valence electrons. The zero-order chi connectivity index (χ0) is 16.1. The summed E-state index contributed by atoms with van der Waals surface area (Å²) in [6, 6.07) is 1.65. The summed E-state index contributed by atoms with van der Waals surface area (Å²) in [5, 5.41) is 2.87. The Hall–Kier alpha value is -2.31. The van der Waals surface area contributed by atoms with Crippen LogP contribution < -0.4 is 10.9 Å². The molecular formula is C15H21N3O4. The van der Waals surface area contributed by atoms with E-state index < -0.39 is 0 Å². The van der Waals surface area contributed by atoms with E-state index in [1.807, 2.05) is 0 Å². The molecule has 0 aromatic carbocycles. The first-order chi connectivity index (χ1) is 10.5. The van der Waals surface area contributed by atoms with Crippen molar-refractivity contribution in [2.24, 2.45) is 0 Å². The highest BCUT2D eigenvalue weighted by Gasteiger charge is 2.25. The lowest BCUT2D eigenvalue weighted by atomic mass is 10.0. The van der Waals surface area contributed by atoms with Crippen molar-refractivity contribution in [1.29, 1.82) is 0 Å². The van der Waals surface area contributed by atoms with Gasteiger partial charge >= 0.3 is 6.09 Å². The van der Waals surface area contributed by atoms with Gasteiger partial charge in [-0.25, -0.2) is 4.79 Å². The fourth-order valence-electron chi connectivity index (χ4n) is 2.54. The van der Waals surface area contributed by atoms with Crippen molar-refractivity contribution in [3.8, 4) is 0 Å². The molecule has 2 rings (SSSR count). The molecule has 0 aliphatic carbocycles. The van der Waals surface area contributed by atoms with Crippen molar-refractivity contribution in [2.75, 3.05) is 19.7 Å². The highest BCUT2D eigenvalue weighted by atomic mass is 16.6. The zero-order valence-corrected chi connectivity index (χ0v) is 12.8. The number of aromatic amines is 1. The number of likely N-dealkylation sites (tertiary alicyclic amines) is 1. The number of carbonyl (C=O) groups excluding carboxylic acids is 2. The fraction of sp³-hybridized carbons (Fsp3) is 0.533. The number of hydrogen-bond acceptors (Lipinski definition) is 4. The van der Waals surface area contributed by atoms with Crippen LogP contribution in [0.25, 0.3) is 0 Å². The first-order valence-electron chi connectivity index (χ1n) is 7.43. The zero-order valence-electron chi connectivity index (χ0n) is 12.8. The van der Waals surface area contributed by atoms with E-state index in [9.17, 15) is 14.4 Å². The summed E-state index contributed by atoms with van der Waals surface area (Å²) in [6.45, 7) is 4.92. The van der Waals surface area contributed by atoms with E-state index in [1.54, 1.807) is 24.8 Å². The molecule has 0 bridgehead atoms. The number of amides is 2. The molecular weight excluding hydrogens is 286 g/mol. The van der Waals surface area contributed by atoms with Gasteiger partial charge in [0, 0.05) is 25.3 Å². The Balaban J connectivity index is 1.92. The number of piperidine rings is 1. The first kappa shape index (κ1) is 16.1. The number of aryl methyl sites for hydroxylation is 1. The van der Waals surface area contributed by atoms with Gasteiger partial charge in [0.15, 0.2) is 0 Å². The quantitative estimate of drug-likeness (QED) is 0.872. The van der Waals surface area contributed by atoms with Crippen LogP contribution in [-0.2, 0) is 4.74 Å². The van der Waals surface area contributed by atoms with Crippen molar-refractivity contribution >= 4 is 12.0 Å². The number of carbonyl (C=O) groups is 2. The fourth-order valence-corrected chi connectivity index (χ4v) is 2.54. The second-order valence-electron chi connectivity index (χ2n) is 5.30. The van der Waals surface area contributed by atoms with Gasteiger partial charge in [0.2, 0.25) is 0 Å². The first-order valence-corrected chi connectivity index (χ1v) is 7.43. The van der Waals surface area contributed by atoms with Crippen molar-refractivity contribution in [3.63, 3.8) is 0 Å². The Bertz CT molecular complexity index is 603. The number of aromatic nitrogens is 1. The van der Waals surface area contributed by atoms with E-state index in [1.165, 1.54) is 6.20 Å². The second kappa shape index (κ2) is 7.11. The third-order valence-corrected chi connectivity index (χ3v) is 3.75. The molecule has 2 heterocycles. The standard InChI is InChI=1S/C15H21N3O4/c1-3-22-15(21)18-8-5-11(6-9-18)17-14(20)12-10(2)4-7-16-13(12)19/h4,7,11H,3,5-6,8-9H2,1-2H3,(H,16,19)(H,17,20). The third kappa shape index (κ3) is 3.66. The molecule has 1 fully saturated rings. The smallest absolute Gasteiger partial charge is 0.409 e. The molecule has 0 atom stereocenters. The molecule has 1 aromatic heterocycles. The molecule has 1 aliphatic rings. The van der Waals surface area contributed by atoms with Gasteiger partial charge in [-0.3, -0.25) is 9.59 Å². The molecule has 1 saturated heterocycles. The lowest BCUT2D eigenvalue weighted by molar-refractivity contribution is 0.0858. The second-order valence-corrected chi connectivity index (χ2v) is 5.30. The van der Waals surface area contributed by atoms with Crippen LogP contribution in [0.15, 0.2) is 17.1 Å². The van der Waals surface area contributed by atoms with E-state index in [0.29, 0.717) is 38.1 Å². The van der Waals surface area contributed by atoms with Crippen LogP contribution in [0, 0.1) is 6.92 Å². The largest absolute Gasteiger partial charge is 0.450 e. The predicted molar refractivity (Wildman–Crippen MR) is 80.9 cm³/mol. The molecule has 2 amide bonds. The molecule has 0 spiro atoms. The summed E-state index contributed by atoms with van der Waals surface area (Å²) in [5.74, 6) is -0.367. The van der Waals surface area contributed by atoms with Crippen molar-refractivity contribution in [2.45, 2.75) is 32.7 Å². The van der Waals surface area contributed by atoms with Gasteiger partial charge in [0.05, 0.1) is 6.61 Å². The van der Waals surface area contributed by atoms with Crippen LogP contribution >= 0.6 is 0 Å². The average molecular weight is 307 g/mol. The van der Waals surface area contributed by atoms with Crippen molar-refractivity contribution in [1.82, 2.24) is 15.2 Å². The number of H-pyrrole nitrogens is 1. The maximum absolute atomic E-state index is 12.2. The van der Waals surface area contributed by atoms with Gasteiger partial charge in [-0.2, -0.15) is 0 Å². The van der Waals surface area contributed by atoms with E-state index >= 15 is 0 Å². The molecule has 0 radical (unpaired) electrons. The topological polar surface area (TPSA) is 91.5 Å². The van der Waals surface area contributed by atoms with Crippen LogP contribution in [0.4, 0.5) is 4.79 Å². The van der Waals surface area contributed by atoms with E-state index in [0.717, 1.165) is 0 Å². The molecule has 1 aromatic rings. The Kier molecular flexibility index (Phi) is 5.19. The number of nitrogens with zero attached hydrogens (tertiary/aromatic N) is 1. The molecule has 0 saturated carbocycles. The molecule has 7 heteroatoms. The van der Waals surface area contributed by atoms with Crippen LogP contribution in [0.5, 0.6) is 0 Å². The minimum Gasteiger partial charge on any atom is -0.450 e. The van der Waals surface area contributed by atoms with Crippen molar-refractivity contribution in [3.05, 3.63) is 33.7 Å². The van der Waals surface area contributed by atoms with Gasteiger partial charge in [-0.15, -0.1) is 0 Å². The number of rotatable bonds is 3. The summed E-state index contributed by atoms with van der Waals surface area (Å²) in [4.78, 5) is 39.7. The SMILES string of the molecule is CCOC(=O)N1CCC(NC(=O)c2c(C)cc[nH]c2=O)CC1. The number of hydrogen-bond donors (Lipinski definition) is 2. The maximum atomic E-state index is 12.2. The molecule has 22 heavy (non-hydrogen) atoms. The van der Waals surface area contributed by atoms with Gasteiger partial charge in [0.1, 0.15) is 5.56 Å². The van der Waals surface area contributed by atoms with Gasteiger partial charge < -0.3 is 19.9 Å². The van der Waals surface area contributed by atoms with E-state index in [2.05, 4.69) is 10.3 Å². The molecule has 2 N–H and O–H groups in total. The van der Waals surface area contributed by atoms with E-state index in [4.69, 9.17) is 4.74 Å². The monoisotopic (exact) mass is 307 g/mol. The molecule has 7 nitrogen and oxygen atoms in total. The van der Waals surface area contributed by atoms with Gasteiger partial charge in [-0.05, 0) is 38.3 Å². The summed E-state index contributed by atoms with van der Waals surface area (Å²) < 4.78 is 4.95. The number of ether oxygens (including phenoxy) is 1. The maximum Gasteiger partial charge on any atom is 0.409 e. The molecule has 1 aliphatic heterocycles. The third-order valence-electron chi connectivity index (χ3n) is 3.75. The van der Waals surface area contributed by atoms with Crippen LogP contribution in [0.2, 0.25) is 0 Å². The lowest BCUT2D eigenvalue weighted by Crippen LogP contribution is -2.47. The highest BCUT2D eigenvalue weighted by molar-refractivity contribution is 5.95. The highest BCUT2D eigenvalue weighted by Crippen LogP contribution is 2.12. The Morgan fingerprint density at radius 1 is 1.41 bits per heavy atom. The minimum atomic E-state index is -0.388. The van der Waals surface area contributed by atoms with Gasteiger partial charge in [0.25, 0.3) is 11.5 Å². The van der Waals surface area contributed by atoms with Gasteiger partial charge in [-0.1, -0.05) is 0 Å². The Labute approximate surface area is 128 Å². The summed E-state index contributed by atoms with van der Waals surface area (Å²) in [7, 11) is 0. The van der Waals surface area contributed by atoms with Crippen molar-refractivity contribution < 1.29 is 14.3 Å². The van der Waals surface area contributed by atoms with E-state index in [-0.39, 0.29) is 29.2 Å². The summed E-state index contributed by atoms with van der Waals surface area (Å²) in [6.07, 6.45) is 2.50. The average Bonchev–Trinajstić information content (AvgIpc) is 2.48.